The van der Waals surface area contributed by atoms with Gasteiger partial charge in [-0.05, 0) is 36.2 Å². The van der Waals surface area contributed by atoms with E-state index in [9.17, 15) is 9.59 Å². The first kappa shape index (κ1) is 20.7. The molecule has 2 atom stereocenters. The maximum atomic E-state index is 13.1. The van der Waals surface area contributed by atoms with Crippen molar-refractivity contribution in [3.8, 4) is 0 Å². The highest BCUT2D eigenvalue weighted by Crippen LogP contribution is 2.35. The number of carbonyl (C=O) groups excluding carboxylic acids is 2. The molecular weight excluding hydrogens is 394 g/mol. The van der Waals surface area contributed by atoms with Crippen LogP contribution < -0.4 is 11.1 Å². The number of anilines is 1. The van der Waals surface area contributed by atoms with Crippen LogP contribution in [-0.4, -0.2) is 42.1 Å². The molecule has 5 nitrogen and oxygen atoms in total. The van der Waals surface area contributed by atoms with Gasteiger partial charge < -0.3 is 16.0 Å². The number of rotatable bonds is 3. The molecule has 3 N–H and O–H groups in total. The number of thioether (sulfide) groups is 1. The van der Waals surface area contributed by atoms with Crippen molar-refractivity contribution in [3.05, 3.63) is 59.7 Å². The van der Waals surface area contributed by atoms with Crippen molar-refractivity contribution in [2.75, 3.05) is 30.7 Å². The third-order valence-corrected chi connectivity index (χ3v) is 6.42. The van der Waals surface area contributed by atoms with Gasteiger partial charge in [-0.1, -0.05) is 30.3 Å². The van der Waals surface area contributed by atoms with E-state index in [-0.39, 0.29) is 36.1 Å². The van der Waals surface area contributed by atoms with E-state index in [1.54, 1.807) is 17.8 Å². The summed E-state index contributed by atoms with van der Waals surface area (Å²) >= 11 is 1.64. The van der Waals surface area contributed by atoms with Gasteiger partial charge in [0.05, 0.1) is 5.69 Å². The summed E-state index contributed by atoms with van der Waals surface area (Å²) in [7, 11) is 0. The largest absolute Gasteiger partial charge is 0.338 e. The minimum absolute atomic E-state index is 0. The molecule has 28 heavy (non-hydrogen) atoms. The average molecular weight is 418 g/mol. The number of carbonyl (C=O) groups is 2. The van der Waals surface area contributed by atoms with Gasteiger partial charge in [0.15, 0.2) is 0 Å². The van der Waals surface area contributed by atoms with Gasteiger partial charge in [0.1, 0.15) is 0 Å². The number of hydrogen-bond acceptors (Lipinski definition) is 4. The van der Waals surface area contributed by atoms with Crippen molar-refractivity contribution in [1.82, 2.24) is 4.90 Å². The number of amides is 2. The van der Waals surface area contributed by atoms with Crippen LogP contribution >= 0.6 is 24.2 Å². The molecule has 0 unspecified atom stereocenters. The van der Waals surface area contributed by atoms with Crippen LogP contribution in [0.2, 0.25) is 0 Å². The Bertz CT molecular complexity index is 862. The predicted octanol–water partition coefficient (Wildman–Crippen LogP) is 3.36. The lowest BCUT2D eigenvalue weighted by Gasteiger charge is -2.18. The summed E-state index contributed by atoms with van der Waals surface area (Å²) in [5.74, 6) is 1.27. The van der Waals surface area contributed by atoms with Crippen LogP contribution in [0.3, 0.4) is 0 Å². The summed E-state index contributed by atoms with van der Waals surface area (Å²) in [6, 6.07) is 15.9. The van der Waals surface area contributed by atoms with Crippen molar-refractivity contribution in [2.24, 2.45) is 11.7 Å². The van der Waals surface area contributed by atoms with Crippen molar-refractivity contribution >= 4 is 41.7 Å². The van der Waals surface area contributed by atoms with Crippen LogP contribution in [0.25, 0.3) is 0 Å². The molecule has 2 aromatic carbocycles. The zero-order valence-electron chi connectivity index (χ0n) is 15.5. The highest BCUT2D eigenvalue weighted by molar-refractivity contribution is 7.99. The third kappa shape index (κ3) is 4.19. The molecular formula is C21H24ClN3O2S. The van der Waals surface area contributed by atoms with Crippen LogP contribution in [0.1, 0.15) is 28.3 Å². The maximum absolute atomic E-state index is 13.1. The van der Waals surface area contributed by atoms with E-state index in [0.717, 1.165) is 16.3 Å². The Morgan fingerprint density at radius 2 is 1.96 bits per heavy atom. The van der Waals surface area contributed by atoms with E-state index in [1.165, 1.54) is 5.56 Å². The average Bonchev–Trinajstić information content (AvgIpc) is 3.04. The SMILES string of the molecule is Cl.NC[C@@H]1CN(C(=O)c2ccc3c(c2)NC(=O)CCS3)C[C@H]1c1ccccc1. The molecule has 0 spiro atoms. The van der Waals surface area contributed by atoms with Crippen LogP contribution in [-0.2, 0) is 4.79 Å². The van der Waals surface area contributed by atoms with E-state index < -0.39 is 0 Å². The second-order valence-electron chi connectivity index (χ2n) is 7.08. The number of benzene rings is 2. The number of nitrogens with one attached hydrogen (secondary N) is 1. The summed E-state index contributed by atoms with van der Waals surface area (Å²) in [5, 5.41) is 2.91. The normalized spacial score (nSPS) is 21.3. The maximum Gasteiger partial charge on any atom is 0.253 e. The molecule has 4 rings (SSSR count). The monoisotopic (exact) mass is 417 g/mol. The zero-order valence-corrected chi connectivity index (χ0v) is 17.1. The van der Waals surface area contributed by atoms with E-state index in [0.29, 0.717) is 31.6 Å². The lowest BCUT2D eigenvalue weighted by molar-refractivity contribution is -0.115. The Morgan fingerprint density at radius 3 is 2.71 bits per heavy atom. The number of nitrogens with two attached hydrogens (primary N) is 1. The number of fused-ring (bicyclic) bond motifs is 1. The quantitative estimate of drug-likeness (QED) is 0.802. The summed E-state index contributed by atoms with van der Waals surface area (Å²) < 4.78 is 0. The smallest absolute Gasteiger partial charge is 0.253 e. The molecule has 2 amide bonds. The van der Waals surface area contributed by atoms with E-state index in [1.807, 2.05) is 35.2 Å². The number of halogens is 1. The molecule has 2 aliphatic rings. The molecule has 2 heterocycles. The minimum Gasteiger partial charge on any atom is -0.338 e. The van der Waals surface area contributed by atoms with Gasteiger partial charge >= 0.3 is 0 Å². The fourth-order valence-electron chi connectivity index (χ4n) is 3.89. The molecule has 0 aliphatic carbocycles. The van der Waals surface area contributed by atoms with E-state index in [2.05, 4.69) is 17.4 Å². The molecule has 148 valence electrons. The Morgan fingerprint density at radius 1 is 1.18 bits per heavy atom. The van der Waals surface area contributed by atoms with Crippen molar-refractivity contribution in [2.45, 2.75) is 17.2 Å². The van der Waals surface area contributed by atoms with Crippen molar-refractivity contribution in [3.63, 3.8) is 0 Å². The van der Waals surface area contributed by atoms with Crippen LogP contribution in [0.5, 0.6) is 0 Å². The molecule has 0 saturated carbocycles. The molecule has 0 radical (unpaired) electrons. The molecule has 7 heteroatoms. The van der Waals surface area contributed by atoms with E-state index >= 15 is 0 Å². The zero-order chi connectivity index (χ0) is 18.8. The van der Waals surface area contributed by atoms with Gasteiger partial charge in [-0.25, -0.2) is 0 Å². The van der Waals surface area contributed by atoms with Gasteiger partial charge in [0.2, 0.25) is 5.91 Å². The first-order chi connectivity index (χ1) is 13.2. The van der Waals surface area contributed by atoms with Crippen molar-refractivity contribution in [1.29, 1.82) is 0 Å². The summed E-state index contributed by atoms with van der Waals surface area (Å²) in [4.78, 5) is 27.8. The highest BCUT2D eigenvalue weighted by atomic mass is 35.5. The van der Waals surface area contributed by atoms with Crippen LogP contribution in [0.4, 0.5) is 5.69 Å². The fourth-order valence-corrected chi connectivity index (χ4v) is 4.83. The van der Waals surface area contributed by atoms with Crippen LogP contribution in [0, 0.1) is 5.92 Å². The first-order valence-corrected chi connectivity index (χ1v) is 10.2. The van der Waals surface area contributed by atoms with Crippen molar-refractivity contribution < 1.29 is 9.59 Å². The second-order valence-corrected chi connectivity index (χ2v) is 8.22. The Balaban J connectivity index is 0.00000225. The van der Waals surface area contributed by atoms with E-state index in [4.69, 9.17) is 5.73 Å². The lowest BCUT2D eigenvalue weighted by atomic mass is 9.89. The predicted molar refractivity (Wildman–Crippen MR) is 115 cm³/mol. The van der Waals surface area contributed by atoms with Gasteiger partial charge in [0, 0.05) is 41.6 Å². The minimum atomic E-state index is -0.00169. The Kier molecular flexibility index (Phi) is 6.65. The fraction of sp³-hybridized carbons (Fsp3) is 0.333. The number of hydrogen-bond donors (Lipinski definition) is 2. The Hall–Kier alpha value is -2.02. The summed E-state index contributed by atoms with van der Waals surface area (Å²) in [6.07, 6.45) is 0.492. The number of likely N-dealkylation sites (tertiary alicyclic amines) is 1. The topological polar surface area (TPSA) is 75.4 Å². The van der Waals surface area contributed by atoms with Gasteiger partial charge in [-0.3, -0.25) is 9.59 Å². The first-order valence-electron chi connectivity index (χ1n) is 9.26. The third-order valence-electron chi connectivity index (χ3n) is 5.35. The Labute approximate surface area is 175 Å². The lowest BCUT2D eigenvalue weighted by Crippen LogP contribution is -2.30. The number of nitrogens with zero attached hydrogens (tertiary/aromatic N) is 1. The summed E-state index contributed by atoms with van der Waals surface area (Å²) in [6.45, 7) is 1.89. The molecule has 1 saturated heterocycles. The standard InChI is InChI=1S/C21H23N3O2S.ClH/c22-11-16-12-24(13-17(16)14-4-2-1-3-5-14)21(26)15-6-7-19-18(10-15)23-20(25)8-9-27-19;/h1-7,10,16-17H,8-9,11-13,22H2,(H,23,25);1H/t16-,17+;/m1./s1. The second kappa shape index (κ2) is 8.99. The van der Waals surface area contributed by atoms with Gasteiger partial charge in [-0.2, -0.15) is 0 Å². The molecule has 2 aliphatic heterocycles. The van der Waals surface area contributed by atoms with Crippen LogP contribution in [0.15, 0.2) is 53.4 Å². The van der Waals surface area contributed by atoms with Gasteiger partial charge in [-0.15, -0.1) is 24.2 Å². The molecule has 2 aromatic rings. The van der Waals surface area contributed by atoms with Gasteiger partial charge in [0.25, 0.3) is 5.91 Å². The molecule has 0 bridgehead atoms. The summed E-state index contributed by atoms with van der Waals surface area (Å²) in [5.41, 5.74) is 8.58. The highest BCUT2D eigenvalue weighted by Gasteiger charge is 2.35. The molecule has 1 fully saturated rings. The molecule has 0 aromatic heterocycles.